The minimum Gasteiger partial charge on any atom is -0.344 e. The van der Waals surface area contributed by atoms with Crippen LogP contribution in [0.15, 0.2) is 48.5 Å². The summed E-state index contributed by atoms with van der Waals surface area (Å²) in [5.41, 5.74) is 2.69. The van der Waals surface area contributed by atoms with Crippen molar-refractivity contribution >= 4 is 29.1 Å². The highest BCUT2D eigenvalue weighted by molar-refractivity contribution is 6.39. The maximum atomic E-state index is 11.9. The van der Waals surface area contributed by atoms with Gasteiger partial charge >= 0.3 is 11.8 Å². The van der Waals surface area contributed by atoms with Crippen LogP contribution in [-0.2, 0) is 22.7 Å². The molecule has 0 bridgehead atoms. The fourth-order valence-corrected chi connectivity index (χ4v) is 2.58. The molecule has 0 atom stereocenters. The van der Waals surface area contributed by atoms with E-state index in [1.54, 1.807) is 24.3 Å². The van der Waals surface area contributed by atoms with Gasteiger partial charge in [-0.05, 0) is 48.5 Å². The lowest BCUT2D eigenvalue weighted by Gasteiger charge is -2.18. The Bertz CT molecular complexity index is 726. The predicted molar refractivity (Wildman–Crippen MR) is 105 cm³/mol. The first-order valence-electron chi connectivity index (χ1n) is 8.66. The molecule has 0 aliphatic heterocycles. The minimum absolute atomic E-state index is 0.304. The quantitative estimate of drug-likeness (QED) is 0.731. The van der Waals surface area contributed by atoms with Gasteiger partial charge in [0.1, 0.15) is 0 Å². The van der Waals surface area contributed by atoms with Crippen molar-refractivity contribution in [1.29, 1.82) is 0 Å². The van der Waals surface area contributed by atoms with Crippen molar-refractivity contribution in [2.45, 2.75) is 26.9 Å². The molecular weight excluding hydrogens is 350 g/mol. The summed E-state index contributed by atoms with van der Waals surface area (Å²) in [6.45, 7) is 7.51. The Hall–Kier alpha value is -2.37. The van der Waals surface area contributed by atoms with E-state index >= 15 is 0 Å². The topological polar surface area (TPSA) is 61.4 Å². The van der Waals surface area contributed by atoms with E-state index in [4.69, 9.17) is 11.6 Å². The summed E-state index contributed by atoms with van der Waals surface area (Å²) < 4.78 is 0. The molecule has 0 heterocycles. The molecule has 2 amide bonds. The second kappa shape index (κ2) is 9.94. The Labute approximate surface area is 159 Å². The van der Waals surface area contributed by atoms with Gasteiger partial charge in [0.15, 0.2) is 0 Å². The van der Waals surface area contributed by atoms with Gasteiger partial charge in [-0.3, -0.25) is 14.5 Å². The summed E-state index contributed by atoms with van der Waals surface area (Å²) in [6, 6.07) is 14.6. The zero-order valence-corrected chi connectivity index (χ0v) is 15.8. The first-order chi connectivity index (χ1) is 12.5. The Morgan fingerprint density at radius 1 is 0.885 bits per heavy atom. The SMILES string of the molecule is CCN(CC)Cc1ccc(CNC(=O)C(=O)Nc2ccc(Cl)cc2)cc1. The van der Waals surface area contributed by atoms with Gasteiger partial charge in [-0.25, -0.2) is 0 Å². The molecule has 2 aromatic carbocycles. The number of hydrogen-bond acceptors (Lipinski definition) is 3. The number of halogens is 1. The molecule has 26 heavy (non-hydrogen) atoms. The smallest absolute Gasteiger partial charge is 0.313 e. The van der Waals surface area contributed by atoms with Gasteiger partial charge in [-0.15, -0.1) is 0 Å². The van der Waals surface area contributed by atoms with E-state index in [-0.39, 0.29) is 0 Å². The Balaban J connectivity index is 1.82. The normalized spacial score (nSPS) is 10.6. The molecule has 0 saturated carbocycles. The van der Waals surface area contributed by atoms with Gasteiger partial charge in [0, 0.05) is 23.8 Å². The van der Waals surface area contributed by atoms with Crippen molar-refractivity contribution in [2.24, 2.45) is 0 Å². The summed E-state index contributed by atoms with van der Waals surface area (Å²) in [6.07, 6.45) is 0. The average molecular weight is 374 g/mol. The molecule has 2 N–H and O–H groups in total. The van der Waals surface area contributed by atoms with E-state index in [9.17, 15) is 9.59 Å². The highest BCUT2D eigenvalue weighted by atomic mass is 35.5. The summed E-state index contributed by atoms with van der Waals surface area (Å²) in [4.78, 5) is 26.2. The molecule has 0 aliphatic rings. The van der Waals surface area contributed by atoms with Crippen molar-refractivity contribution in [2.75, 3.05) is 18.4 Å². The first kappa shape index (κ1) is 19.9. The van der Waals surface area contributed by atoms with E-state index in [2.05, 4.69) is 29.4 Å². The molecule has 0 fully saturated rings. The van der Waals surface area contributed by atoms with Gasteiger partial charge in [0.2, 0.25) is 0 Å². The Kier molecular flexibility index (Phi) is 7.63. The summed E-state index contributed by atoms with van der Waals surface area (Å²) in [5, 5.41) is 5.73. The highest BCUT2D eigenvalue weighted by Crippen LogP contribution is 2.13. The molecule has 0 saturated heterocycles. The molecule has 0 unspecified atom stereocenters. The fraction of sp³-hybridized carbons (Fsp3) is 0.300. The Morgan fingerprint density at radius 3 is 2.04 bits per heavy atom. The maximum absolute atomic E-state index is 11.9. The van der Waals surface area contributed by atoms with Crippen LogP contribution in [0.4, 0.5) is 5.69 Å². The van der Waals surface area contributed by atoms with E-state index in [0.29, 0.717) is 17.3 Å². The van der Waals surface area contributed by atoms with Crippen LogP contribution in [0.2, 0.25) is 5.02 Å². The third kappa shape index (κ3) is 6.17. The maximum Gasteiger partial charge on any atom is 0.313 e. The molecule has 5 nitrogen and oxygen atoms in total. The molecule has 0 aromatic heterocycles. The molecule has 138 valence electrons. The van der Waals surface area contributed by atoms with Crippen molar-refractivity contribution in [3.8, 4) is 0 Å². The molecule has 2 rings (SSSR count). The number of anilines is 1. The molecule has 6 heteroatoms. The number of rotatable bonds is 7. The number of benzene rings is 2. The molecular formula is C20H24ClN3O2. The number of carbonyl (C=O) groups is 2. The minimum atomic E-state index is -0.703. The molecule has 0 radical (unpaired) electrons. The van der Waals surface area contributed by atoms with E-state index < -0.39 is 11.8 Å². The fourth-order valence-electron chi connectivity index (χ4n) is 2.45. The van der Waals surface area contributed by atoms with Gasteiger partial charge < -0.3 is 10.6 Å². The standard InChI is InChI=1S/C20H24ClN3O2/c1-3-24(4-2)14-16-7-5-15(6-8-16)13-22-19(25)20(26)23-18-11-9-17(21)10-12-18/h5-12H,3-4,13-14H2,1-2H3,(H,22,25)(H,23,26). The molecule has 0 aliphatic carbocycles. The van der Waals surface area contributed by atoms with Crippen LogP contribution in [0.1, 0.15) is 25.0 Å². The monoisotopic (exact) mass is 373 g/mol. The van der Waals surface area contributed by atoms with Gasteiger partial charge in [-0.1, -0.05) is 49.7 Å². The van der Waals surface area contributed by atoms with E-state index in [1.807, 2.05) is 24.3 Å². The van der Waals surface area contributed by atoms with E-state index in [0.717, 1.165) is 25.2 Å². The predicted octanol–water partition coefficient (Wildman–Crippen LogP) is 3.44. The largest absolute Gasteiger partial charge is 0.344 e. The van der Waals surface area contributed by atoms with Gasteiger partial charge in [0.25, 0.3) is 0 Å². The number of nitrogens with one attached hydrogen (secondary N) is 2. The lowest BCUT2D eigenvalue weighted by molar-refractivity contribution is -0.136. The van der Waals surface area contributed by atoms with Crippen LogP contribution in [-0.4, -0.2) is 29.8 Å². The summed E-state index contributed by atoms with van der Waals surface area (Å²) >= 11 is 5.79. The first-order valence-corrected chi connectivity index (χ1v) is 9.04. The van der Waals surface area contributed by atoms with Crippen molar-refractivity contribution in [1.82, 2.24) is 10.2 Å². The van der Waals surface area contributed by atoms with Crippen molar-refractivity contribution < 1.29 is 9.59 Å². The lowest BCUT2D eigenvalue weighted by Crippen LogP contribution is -2.34. The average Bonchev–Trinajstić information content (AvgIpc) is 2.66. The van der Waals surface area contributed by atoms with Gasteiger partial charge in [-0.2, -0.15) is 0 Å². The number of carbonyl (C=O) groups excluding carboxylic acids is 2. The number of hydrogen-bond donors (Lipinski definition) is 2. The zero-order valence-electron chi connectivity index (χ0n) is 15.1. The third-order valence-corrected chi connectivity index (χ3v) is 4.34. The van der Waals surface area contributed by atoms with Crippen LogP contribution in [0, 0.1) is 0 Å². The molecule has 0 spiro atoms. The van der Waals surface area contributed by atoms with Crippen LogP contribution >= 0.6 is 11.6 Å². The Morgan fingerprint density at radius 2 is 1.46 bits per heavy atom. The second-order valence-corrected chi connectivity index (χ2v) is 6.36. The summed E-state index contributed by atoms with van der Waals surface area (Å²) in [5.74, 6) is -1.38. The lowest BCUT2D eigenvalue weighted by atomic mass is 10.1. The van der Waals surface area contributed by atoms with Crippen molar-refractivity contribution in [3.05, 3.63) is 64.7 Å². The van der Waals surface area contributed by atoms with E-state index in [1.165, 1.54) is 5.56 Å². The molecule has 2 aromatic rings. The zero-order chi connectivity index (χ0) is 18.9. The van der Waals surface area contributed by atoms with Crippen LogP contribution in [0.5, 0.6) is 0 Å². The van der Waals surface area contributed by atoms with Crippen LogP contribution < -0.4 is 10.6 Å². The number of nitrogens with zero attached hydrogens (tertiary/aromatic N) is 1. The third-order valence-electron chi connectivity index (χ3n) is 4.08. The number of amides is 2. The van der Waals surface area contributed by atoms with Crippen LogP contribution in [0.3, 0.4) is 0 Å². The summed E-state index contributed by atoms with van der Waals surface area (Å²) in [7, 11) is 0. The second-order valence-electron chi connectivity index (χ2n) is 5.92. The van der Waals surface area contributed by atoms with Gasteiger partial charge in [0.05, 0.1) is 0 Å². The van der Waals surface area contributed by atoms with Crippen molar-refractivity contribution in [3.63, 3.8) is 0 Å². The van der Waals surface area contributed by atoms with Crippen LogP contribution in [0.25, 0.3) is 0 Å². The highest BCUT2D eigenvalue weighted by Gasteiger charge is 2.13.